The number of pyridine rings is 2. The van der Waals surface area contributed by atoms with Gasteiger partial charge in [-0.3, -0.25) is 9.78 Å². The standard InChI is InChI=1S/C15H15N3O2S/c19-15(18-12-2-5-16-6-3-12)11-1-7-17-14(9-11)20-13-4-8-21-10-13/h1-3,5-7,9,13H,4,8,10H2,(H,16,18,19). The highest BCUT2D eigenvalue weighted by Crippen LogP contribution is 2.22. The second-order valence-electron chi connectivity index (χ2n) is 4.68. The fourth-order valence-corrected chi connectivity index (χ4v) is 3.12. The van der Waals surface area contributed by atoms with E-state index in [1.165, 1.54) is 0 Å². The molecule has 21 heavy (non-hydrogen) atoms. The Kier molecular flexibility index (Phi) is 4.35. The van der Waals surface area contributed by atoms with Gasteiger partial charge in [0, 0.05) is 41.7 Å². The van der Waals surface area contributed by atoms with Crippen molar-refractivity contribution in [1.82, 2.24) is 9.97 Å². The van der Waals surface area contributed by atoms with Crippen LogP contribution in [0.15, 0.2) is 42.9 Å². The number of hydrogen-bond donors (Lipinski definition) is 1. The summed E-state index contributed by atoms with van der Waals surface area (Å²) in [6.45, 7) is 0. The van der Waals surface area contributed by atoms with Gasteiger partial charge in [-0.05, 0) is 30.4 Å². The second-order valence-corrected chi connectivity index (χ2v) is 5.83. The molecule has 1 aliphatic heterocycles. The van der Waals surface area contributed by atoms with Crippen LogP contribution in [0.2, 0.25) is 0 Å². The third-order valence-corrected chi connectivity index (χ3v) is 4.24. The number of hydrogen-bond acceptors (Lipinski definition) is 5. The first-order valence-electron chi connectivity index (χ1n) is 6.73. The van der Waals surface area contributed by atoms with Crippen molar-refractivity contribution < 1.29 is 9.53 Å². The molecular formula is C15H15N3O2S. The van der Waals surface area contributed by atoms with Crippen molar-refractivity contribution >= 4 is 23.4 Å². The van der Waals surface area contributed by atoms with Crippen LogP contribution in [0.4, 0.5) is 5.69 Å². The molecule has 0 aliphatic carbocycles. The van der Waals surface area contributed by atoms with E-state index < -0.39 is 0 Å². The van der Waals surface area contributed by atoms with Gasteiger partial charge in [-0.1, -0.05) is 0 Å². The van der Waals surface area contributed by atoms with E-state index in [-0.39, 0.29) is 12.0 Å². The van der Waals surface area contributed by atoms with Gasteiger partial charge >= 0.3 is 0 Å². The quantitative estimate of drug-likeness (QED) is 0.940. The maximum atomic E-state index is 12.2. The van der Waals surface area contributed by atoms with Gasteiger partial charge in [-0.25, -0.2) is 4.98 Å². The third-order valence-electron chi connectivity index (χ3n) is 3.11. The molecular weight excluding hydrogens is 286 g/mol. The number of aromatic nitrogens is 2. The number of nitrogens with one attached hydrogen (secondary N) is 1. The molecule has 1 N–H and O–H groups in total. The fourth-order valence-electron chi connectivity index (χ4n) is 2.03. The van der Waals surface area contributed by atoms with Crippen molar-refractivity contribution in [2.24, 2.45) is 0 Å². The van der Waals surface area contributed by atoms with Gasteiger partial charge in [-0.2, -0.15) is 11.8 Å². The minimum absolute atomic E-state index is 0.186. The first-order chi connectivity index (χ1) is 10.3. The molecule has 0 radical (unpaired) electrons. The lowest BCUT2D eigenvalue weighted by atomic mass is 10.2. The summed E-state index contributed by atoms with van der Waals surface area (Å²) in [5, 5.41) is 2.81. The Morgan fingerprint density at radius 2 is 2.14 bits per heavy atom. The van der Waals surface area contributed by atoms with E-state index in [0.717, 1.165) is 17.9 Å². The molecule has 6 heteroatoms. The Morgan fingerprint density at radius 3 is 2.90 bits per heavy atom. The Morgan fingerprint density at radius 1 is 1.29 bits per heavy atom. The number of thioether (sulfide) groups is 1. The Hall–Kier alpha value is -2.08. The van der Waals surface area contributed by atoms with Crippen LogP contribution in [0, 0.1) is 0 Å². The Balaban J connectivity index is 1.68. The lowest BCUT2D eigenvalue weighted by Crippen LogP contribution is -2.17. The highest BCUT2D eigenvalue weighted by Gasteiger charge is 2.18. The summed E-state index contributed by atoms with van der Waals surface area (Å²) in [6.07, 6.45) is 6.09. The molecule has 108 valence electrons. The minimum atomic E-state index is -0.186. The minimum Gasteiger partial charge on any atom is -0.473 e. The molecule has 0 aromatic carbocycles. The Labute approximate surface area is 127 Å². The number of anilines is 1. The summed E-state index contributed by atoms with van der Waals surface area (Å²) in [5.74, 6) is 2.42. The van der Waals surface area contributed by atoms with Gasteiger partial charge < -0.3 is 10.1 Å². The molecule has 0 saturated carbocycles. The number of amides is 1. The first-order valence-corrected chi connectivity index (χ1v) is 7.88. The highest BCUT2D eigenvalue weighted by atomic mass is 32.2. The van der Waals surface area contributed by atoms with Crippen LogP contribution in [0.5, 0.6) is 5.88 Å². The molecule has 3 heterocycles. The van der Waals surface area contributed by atoms with Crippen LogP contribution in [0.25, 0.3) is 0 Å². The van der Waals surface area contributed by atoms with Crippen molar-refractivity contribution in [2.75, 3.05) is 16.8 Å². The molecule has 2 aromatic rings. The highest BCUT2D eigenvalue weighted by molar-refractivity contribution is 7.99. The number of carbonyl (C=O) groups is 1. The summed E-state index contributed by atoms with van der Waals surface area (Å²) in [7, 11) is 0. The molecule has 1 saturated heterocycles. The van der Waals surface area contributed by atoms with E-state index >= 15 is 0 Å². The predicted octanol–water partition coefficient (Wildman–Crippen LogP) is 2.61. The summed E-state index contributed by atoms with van der Waals surface area (Å²) in [5.41, 5.74) is 1.24. The van der Waals surface area contributed by atoms with Gasteiger partial charge in [0.25, 0.3) is 5.91 Å². The maximum Gasteiger partial charge on any atom is 0.255 e. The molecule has 1 aliphatic rings. The summed E-state index contributed by atoms with van der Waals surface area (Å²) in [6, 6.07) is 6.84. The zero-order chi connectivity index (χ0) is 14.5. The molecule has 1 fully saturated rings. The number of nitrogens with zero attached hydrogens (tertiary/aromatic N) is 2. The van der Waals surface area contributed by atoms with Crippen molar-refractivity contribution in [3.63, 3.8) is 0 Å². The van der Waals surface area contributed by atoms with Crippen molar-refractivity contribution in [1.29, 1.82) is 0 Å². The monoisotopic (exact) mass is 301 g/mol. The van der Waals surface area contributed by atoms with Gasteiger partial charge in [0.15, 0.2) is 0 Å². The number of rotatable bonds is 4. The van der Waals surface area contributed by atoms with Crippen LogP contribution >= 0.6 is 11.8 Å². The van der Waals surface area contributed by atoms with Crippen LogP contribution in [0.3, 0.4) is 0 Å². The van der Waals surface area contributed by atoms with E-state index in [2.05, 4.69) is 15.3 Å². The van der Waals surface area contributed by atoms with E-state index in [0.29, 0.717) is 17.1 Å². The van der Waals surface area contributed by atoms with Gasteiger partial charge in [0.05, 0.1) is 0 Å². The molecule has 2 aromatic heterocycles. The summed E-state index contributed by atoms with van der Waals surface area (Å²) >= 11 is 1.88. The van der Waals surface area contributed by atoms with Gasteiger partial charge in [0.2, 0.25) is 5.88 Å². The van der Waals surface area contributed by atoms with Crippen LogP contribution in [0.1, 0.15) is 16.8 Å². The summed E-state index contributed by atoms with van der Waals surface area (Å²) in [4.78, 5) is 20.3. The maximum absolute atomic E-state index is 12.2. The van der Waals surface area contributed by atoms with E-state index in [4.69, 9.17) is 4.74 Å². The lowest BCUT2D eigenvalue weighted by molar-refractivity contribution is 0.102. The molecule has 0 bridgehead atoms. The summed E-state index contributed by atoms with van der Waals surface area (Å²) < 4.78 is 5.79. The van der Waals surface area contributed by atoms with Gasteiger partial charge in [-0.15, -0.1) is 0 Å². The molecule has 0 spiro atoms. The van der Waals surface area contributed by atoms with Gasteiger partial charge in [0.1, 0.15) is 6.10 Å². The first kappa shape index (κ1) is 13.9. The van der Waals surface area contributed by atoms with Crippen molar-refractivity contribution in [2.45, 2.75) is 12.5 Å². The van der Waals surface area contributed by atoms with Crippen LogP contribution < -0.4 is 10.1 Å². The Bertz CT molecular complexity index is 615. The third kappa shape index (κ3) is 3.72. The molecule has 1 unspecified atom stereocenters. The fraction of sp³-hybridized carbons (Fsp3) is 0.267. The number of carbonyl (C=O) groups excluding carboxylic acids is 1. The zero-order valence-corrected chi connectivity index (χ0v) is 12.2. The SMILES string of the molecule is O=C(Nc1ccncc1)c1ccnc(OC2CCSC2)c1. The topological polar surface area (TPSA) is 64.1 Å². The average molecular weight is 301 g/mol. The average Bonchev–Trinajstić information content (AvgIpc) is 3.01. The van der Waals surface area contributed by atoms with Crippen molar-refractivity contribution in [3.8, 4) is 5.88 Å². The molecule has 3 rings (SSSR count). The normalized spacial score (nSPS) is 17.4. The van der Waals surface area contributed by atoms with Crippen LogP contribution in [-0.4, -0.2) is 33.5 Å². The molecule has 5 nitrogen and oxygen atoms in total. The molecule has 1 amide bonds. The van der Waals surface area contributed by atoms with E-state index in [9.17, 15) is 4.79 Å². The molecule has 1 atom stereocenters. The largest absolute Gasteiger partial charge is 0.473 e. The van der Waals surface area contributed by atoms with Crippen LogP contribution in [-0.2, 0) is 0 Å². The van der Waals surface area contributed by atoms with Crippen molar-refractivity contribution in [3.05, 3.63) is 48.4 Å². The smallest absolute Gasteiger partial charge is 0.255 e. The second kappa shape index (κ2) is 6.58. The lowest BCUT2D eigenvalue weighted by Gasteiger charge is -2.12. The van der Waals surface area contributed by atoms with E-state index in [1.54, 1.807) is 42.9 Å². The zero-order valence-electron chi connectivity index (χ0n) is 11.4. The number of ether oxygens (including phenoxy) is 1. The van der Waals surface area contributed by atoms with E-state index in [1.807, 2.05) is 11.8 Å². The predicted molar refractivity (Wildman–Crippen MR) is 82.8 cm³/mol.